The largest absolute Gasteiger partial charge is 0.497 e. The number of ether oxygens (including phenoxy) is 1. The van der Waals surface area contributed by atoms with Crippen LogP contribution in [0.25, 0.3) is 0 Å². The highest BCUT2D eigenvalue weighted by molar-refractivity contribution is 7.92. The first-order chi connectivity index (χ1) is 21.6. The molecule has 0 fully saturated rings. The minimum atomic E-state index is -4.16. The smallest absolute Gasteiger partial charge is 0.264 e. The van der Waals surface area contributed by atoms with Gasteiger partial charge in [-0.25, -0.2) is 8.42 Å². The molecule has 1 unspecified atom stereocenters. The maximum Gasteiger partial charge on any atom is 0.264 e. The molecule has 4 aromatic rings. The summed E-state index contributed by atoms with van der Waals surface area (Å²) in [5.74, 6) is -0.205. The second-order valence-corrected chi connectivity index (χ2v) is 12.8. The fourth-order valence-electron chi connectivity index (χ4n) is 5.08. The van der Waals surface area contributed by atoms with E-state index in [4.69, 9.17) is 4.74 Å². The zero-order valence-corrected chi connectivity index (χ0v) is 27.1. The summed E-state index contributed by atoms with van der Waals surface area (Å²) in [4.78, 5) is 29.9. The molecule has 0 spiro atoms. The maximum atomic E-state index is 14.5. The number of hydrogen-bond acceptors (Lipinski definition) is 5. The van der Waals surface area contributed by atoms with Crippen LogP contribution in [0.3, 0.4) is 0 Å². The molecule has 4 rings (SSSR count). The lowest BCUT2D eigenvalue weighted by Crippen LogP contribution is -2.53. The third kappa shape index (κ3) is 8.51. The normalized spacial score (nSPS) is 11.8. The molecule has 0 aliphatic rings. The average molecular weight is 628 g/mol. The van der Waals surface area contributed by atoms with E-state index < -0.39 is 28.5 Å². The molecule has 0 heterocycles. The summed E-state index contributed by atoms with van der Waals surface area (Å²) in [6.07, 6.45) is 0.977. The Morgan fingerprint density at radius 1 is 0.844 bits per heavy atom. The summed E-state index contributed by atoms with van der Waals surface area (Å²) in [6.45, 7) is 5.66. The van der Waals surface area contributed by atoms with Gasteiger partial charge in [0.2, 0.25) is 11.8 Å². The molecule has 1 N–H and O–H groups in total. The van der Waals surface area contributed by atoms with Crippen molar-refractivity contribution in [1.82, 2.24) is 10.2 Å². The van der Waals surface area contributed by atoms with E-state index >= 15 is 0 Å². The quantitative estimate of drug-likeness (QED) is 0.194. The van der Waals surface area contributed by atoms with E-state index in [2.05, 4.69) is 5.32 Å². The lowest BCUT2D eigenvalue weighted by atomic mass is 10.0. The molecule has 236 valence electrons. The van der Waals surface area contributed by atoms with E-state index in [-0.39, 0.29) is 23.8 Å². The number of benzene rings is 4. The predicted molar refractivity (Wildman–Crippen MR) is 178 cm³/mol. The highest BCUT2D eigenvalue weighted by Gasteiger charge is 2.35. The van der Waals surface area contributed by atoms with Crippen LogP contribution in [-0.2, 0) is 32.6 Å². The summed E-state index contributed by atoms with van der Waals surface area (Å²) >= 11 is 0. The van der Waals surface area contributed by atoms with E-state index in [1.165, 1.54) is 4.90 Å². The van der Waals surface area contributed by atoms with Crippen LogP contribution in [0.15, 0.2) is 108 Å². The summed E-state index contributed by atoms with van der Waals surface area (Å²) in [5.41, 5.74) is 3.62. The Bertz CT molecular complexity index is 1690. The molecule has 1 atom stereocenters. The fraction of sp³-hybridized carbons (Fsp3) is 0.278. The highest BCUT2D eigenvalue weighted by atomic mass is 32.2. The first kappa shape index (κ1) is 33.3. The number of rotatable bonds is 14. The molecular formula is C36H41N3O5S. The second-order valence-electron chi connectivity index (χ2n) is 11.0. The number of nitrogens with zero attached hydrogens (tertiary/aromatic N) is 2. The maximum absolute atomic E-state index is 14.5. The van der Waals surface area contributed by atoms with Crippen molar-refractivity contribution in [2.24, 2.45) is 0 Å². The molecule has 45 heavy (non-hydrogen) atoms. The molecule has 0 saturated carbocycles. The zero-order valence-electron chi connectivity index (χ0n) is 26.3. The summed E-state index contributed by atoms with van der Waals surface area (Å²) in [6, 6.07) is 29.5. The number of carbonyl (C=O) groups is 2. The van der Waals surface area contributed by atoms with Gasteiger partial charge >= 0.3 is 0 Å². The van der Waals surface area contributed by atoms with E-state index in [0.717, 1.165) is 27.4 Å². The van der Waals surface area contributed by atoms with Crippen molar-refractivity contribution in [3.63, 3.8) is 0 Å². The number of para-hydroxylation sites is 1. The van der Waals surface area contributed by atoms with Crippen LogP contribution in [0.5, 0.6) is 5.75 Å². The average Bonchev–Trinajstić information content (AvgIpc) is 3.05. The number of sulfonamides is 1. The van der Waals surface area contributed by atoms with Crippen molar-refractivity contribution >= 4 is 27.5 Å². The van der Waals surface area contributed by atoms with Gasteiger partial charge in [0, 0.05) is 19.5 Å². The molecule has 0 aliphatic carbocycles. The number of methoxy groups -OCH3 is 1. The third-order valence-corrected chi connectivity index (χ3v) is 9.35. The van der Waals surface area contributed by atoms with E-state index in [9.17, 15) is 18.0 Å². The van der Waals surface area contributed by atoms with Crippen LogP contribution < -0.4 is 14.4 Å². The second kappa shape index (κ2) is 15.4. The van der Waals surface area contributed by atoms with E-state index in [1.54, 1.807) is 49.6 Å². The molecule has 8 nitrogen and oxygen atoms in total. The highest BCUT2D eigenvalue weighted by Crippen LogP contribution is 2.28. The van der Waals surface area contributed by atoms with Crippen LogP contribution in [0.2, 0.25) is 0 Å². The van der Waals surface area contributed by atoms with Crippen LogP contribution in [0.1, 0.15) is 35.6 Å². The molecule has 0 bridgehead atoms. The molecule has 0 radical (unpaired) electrons. The minimum Gasteiger partial charge on any atom is -0.497 e. The van der Waals surface area contributed by atoms with Crippen molar-refractivity contribution in [2.75, 3.05) is 24.5 Å². The Kier molecular flexibility index (Phi) is 11.4. The number of aryl methyl sites for hydroxylation is 2. The molecular weight excluding hydrogens is 586 g/mol. The van der Waals surface area contributed by atoms with Gasteiger partial charge in [0.1, 0.15) is 18.3 Å². The molecule has 0 saturated heterocycles. The fourth-order valence-corrected chi connectivity index (χ4v) is 6.56. The summed E-state index contributed by atoms with van der Waals surface area (Å²) < 4.78 is 35.0. The van der Waals surface area contributed by atoms with Gasteiger partial charge in [-0.15, -0.1) is 0 Å². The Hall–Kier alpha value is -4.63. The number of nitrogens with one attached hydrogen (secondary N) is 1. The van der Waals surface area contributed by atoms with Crippen LogP contribution >= 0.6 is 0 Å². The predicted octanol–water partition coefficient (Wildman–Crippen LogP) is 5.67. The number of carbonyl (C=O) groups excluding carboxylic acids is 2. The van der Waals surface area contributed by atoms with Gasteiger partial charge in [-0.05, 0) is 67.3 Å². The monoisotopic (exact) mass is 627 g/mol. The minimum absolute atomic E-state index is 0.0687. The van der Waals surface area contributed by atoms with Gasteiger partial charge in [-0.2, -0.15) is 0 Å². The molecule has 2 amide bonds. The third-order valence-electron chi connectivity index (χ3n) is 7.58. The molecule has 0 aliphatic heterocycles. The van der Waals surface area contributed by atoms with Gasteiger partial charge in [0.25, 0.3) is 10.0 Å². The van der Waals surface area contributed by atoms with Gasteiger partial charge in [-0.3, -0.25) is 13.9 Å². The van der Waals surface area contributed by atoms with Crippen molar-refractivity contribution in [2.45, 2.75) is 51.1 Å². The van der Waals surface area contributed by atoms with Gasteiger partial charge in [0.15, 0.2) is 0 Å². The standard InChI is InChI=1S/C36H41N3O5S/c1-5-22-37-36(41)34(24-29-13-7-6-8-14-29)38(25-30-15-11-16-31(23-30)44-4)35(40)26-39(33-17-10-9-12-28(33)3)45(42,43)32-20-18-27(2)19-21-32/h6-21,23,34H,5,22,24-26H2,1-4H3,(H,37,41). The number of amides is 2. The van der Waals surface area contributed by atoms with Crippen molar-refractivity contribution in [3.05, 3.63) is 125 Å². The van der Waals surface area contributed by atoms with Gasteiger partial charge < -0.3 is 15.0 Å². The van der Waals surface area contributed by atoms with E-state index in [1.807, 2.05) is 81.4 Å². The number of anilines is 1. The van der Waals surface area contributed by atoms with Crippen molar-refractivity contribution in [3.8, 4) is 5.75 Å². The molecule has 4 aromatic carbocycles. The Morgan fingerprint density at radius 3 is 2.18 bits per heavy atom. The molecule has 0 aromatic heterocycles. The Labute approximate surface area is 266 Å². The topological polar surface area (TPSA) is 96.0 Å². The van der Waals surface area contributed by atoms with Crippen LogP contribution in [0.4, 0.5) is 5.69 Å². The van der Waals surface area contributed by atoms with E-state index in [0.29, 0.717) is 23.5 Å². The lowest BCUT2D eigenvalue weighted by molar-refractivity contribution is -0.140. The van der Waals surface area contributed by atoms with Crippen LogP contribution in [-0.4, -0.2) is 51.4 Å². The first-order valence-corrected chi connectivity index (χ1v) is 16.5. The SMILES string of the molecule is CCCNC(=O)C(Cc1ccccc1)N(Cc1cccc(OC)c1)C(=O)CN(c1ccccc1C)S(=O)(=O)c1ccc(C)cc1. The number of hydrogen-bond donors (Lipinski definition) is 1. The Balaban J connectivity index is 1.81. The van der Waals surface area contributed by atoms with Gasteiger partial charge in [0.05, 0.1) is 17.7 Å². The summed E-state index contributed by atoms with van der Waals surface area (Å²) in [7, 11) is -2.60. The Morgan fingerprint density at radius 2 is 1.51 bits per heavy atom. The van der Waals surface area contributed by atoms with Gasteiger partial charge in [-0.1, -0.05) is 85.3 Å². The van der Waals surface area contributed by atoms with Crippen molar-refractivity contribution in [1.29, 1.82) is 0 Å². The molecule has 9 heteroatoms. The zero-order chi connectivity index (χ0) is 32.4. The summed E-state index contributed by atoms with van der Waals surface area (Å²) in [5, 5.41) is 2.96. The lowest BCUT2D eigenvalue weighted by Gasteiger charge is -2.34. The van der Waals surface area contributed by atoms with Crippen LogP contribution in [0, 0.1) is 13.8 Å². The van der Waals surface area contributed by atoms with Crippen molar-refractivity contribution < 1.29 is 22.7 Å². The first-order valence-electron chi connectivity index (χ1n) is 15.0.